The second kappa shape index (κ2) is 6.68. The zero-order chi connectivity index (χ0) is 9.40. The maximum absolute atomic E-state index is 11.2. The summed E-state index contributed by atoms with van der Waals surface area (Å²) in [7, 11) is 0. The van der Waals surface area contributed by atoms with Crippen molar-refractivity contribution >= 4 is 5.91 Å². The van der Waals surface area contributed by atoms with E-state index in [0.717, 1.165) is 6.42 Å². The molecule has 0 aromatic carbocycles. The van der Waals surface area contributed by atoms with E-state index in [4.69, 9.17) is 12.2 Å². The first-order valence-electron chi connectivity index (χ1n) is 4.17. The van der Waals surface area contributed by atoms with Crippen molar-refractivity contribution in [2.45, 2.75) is 19.8 Å². The van der Waals surface area contributed by atoms with Gasteiger partial charge in [0, 0.05) is 25.4 Å². The molecule has 0 heterocycles. The lowest BCUT2D eigenvalue weighted by molar-refractivity contribution is -0.124. The van der Waals surface area contributed by atoms with Crippen molar-refractivity contribution in [3.63, 3.8) is 0 Å². The van der Waals surface area contributed by atoms with Gasteiger partial charge in [-0.05, 0) is 6.42 Å². The molecular weight excluding hydrogens is 152 g/mol. The average Bonchev–Trinajstić information content (AvgIpc) is 2.07. The summed E-state index contributed by atoms with van der Waals surface area (Å²) in [4.78, 5) is 11.2. The molecule has 0 aromatic rings. The van der Waals surface area contributed by atoms with E-state index in [-0.39, 0.29) is 11.8 Å². The molecule has 0 fully saturated rings. The highest BCUT2D eigenvalue weighted by atomic mass is 16.1. The molecule has 3 heteroatoms. The molecule has 0 aliphatic carbocycles. The number of rotatable bonds is 5. The molecular formula is C9H16N2O. The lowest BCUT2D eigenvalue weighted by Crippen LogP contribution is -2.35. The van der Waals surface area contributed by atoms with Crippen LogP contribution in [0.5, 0.6) is 0 Å². The van der Waals surface area contributed by atoms with Crippen molar-refractivity contribution in [3.8, 4) is 12.3 Å². The zero-order valence-corrected chi connectivity index (χ0v) is 7.47. The molecule has 0 saturated heterocycles. The summed E-state index contributed by atoms with van der Waals surface area (Å²) in [5.41, 5.74) is 5.39. The van der Waals surface area contributed by atoms with Crippen molar-refractivity contribution in [1.82, 2.24) is 5.32 Å². The van der Waals surface area contributed by atoms with Crippen LogP contribution in [0.1, 0.15) is 19.8 Å². The van der Waals surface area contributed by atoms with Crippen LogP contribution in [0.25, 0.3) is 0 Å². The minimum absolute atomic E-state index is 0.00949. The van der Waals surface area contributed by atoms with Crippen LogP contribution < -0.4 is 11.1 Å². The lowest BCUT2D eigenvalue weighted by Gasteiger charge is -2.11. The Morgan fingerprint density at radius 1 is 1.75 bits per heavy atom. The Balaban J connectivity index is 3.63. The average molecular weight is 168 g/mol. The Hall–Kier alpha value is -1.01. The summed E-state index contributed by atoms with van der Waals surface area (Å²) >= 11 is 0. The number of carbonyl (C=O) groups excluding carboxylic acids is 1. The molecule has 1 amide bonds. The summed E-state index contributed by atoms with van der Waals surface area (Å²) in [5.74, 6) is 2.39. The van der Waals surface area contributed by atoms with E-state index in [1.165, 1.54) is 0 Å². The number of hydrogen-bond acceptors (Lipinski definition) is 2. The molecule has 0 aliphatic heterocycles. The number of terminal acetylenes is 1. The summed E-state index contributed by atoms with van der Waals surface area (Å²) in [6, 6.07) is 0. The first-order chi connectivity index (χ1) is 5.76. The molecule has 0 spiro atoms. The van der Waals surface area contributed by atoms with Crippen molar-refractivity contribution in [1.29, 1.82) is 0 Å². The highest BCUT2D eigenvalue weighted by Crippen LogP contribution is 1.98. The Morgan fingerprint density at radius 2 is 2.42 bits per heavy atom. The Kier molecular flexibility index (Phi) is 6.12. The first kappa shape index (κ1) is 11.0. The summed E-state index contributed by atoms with van der Waals surface area (Å²) in [6.07, 6.45) is 6.38. The molecule has 3 nitrogen and oxygen atoms in total. The number of carbonyl (C=O) groups is 1. The quantitative estimate of drug-likeness (QED) is 0.452. The second-order valence-electron chi connectivity index (χ2n) is 2.59. The molecule has 0 rings (SSSR count). The molecule has 1 unspecified atom stereocenters. The van der Waals surface area contributed by atoms with Gasteiger partial charge in [0.05, 0.1) is 0 Å². The van der Waals surface area contributed by atoms with Crippen LogP contribution in [0, 0.1) is 18.3 Å². The predicted molar refractivity (Wildman–Crippen MR) is 49.3 cm³/mol. The SMILES string of the molecule is C#CCCNC(=O)C(CC)CN. The number of nitrogens with two attached hydrogens (primary N) is 1. The van der Waals surface area contributed by atoms with Crippen LogP contribution >= 0.6 is 0 Å². The van der Waals surface area contributed by atoms with Crippen molar-refractivity contribution < 1.29 is 4.79 Å². The van der Waals surface area contributed by atoms with Gasteiger partial charge < -0.3 is 11.1 Å². The molecule has 3 N–H and O–H groups in total. The van der Waals surface area contributed by atoms with E-state index in [1.807, 2.05) is 6.92 Å². The van der Waals surface area contributed by atoms with Crippen LogP contribution in [0.3, 0.4) is 0 Å². The van der Waals surface area contributed by atoms with E-state index in [9.17, 15) is 4.79 Å². The monoisotopic (exact) mass is 168 g/mol. The van der Waals surface area contributed by atoms with Crippen molar-refractivity contribution in [2.75, 3.05) is 13.1 Å². The molecule has 0 aromatic heterocycles. The van der Waals surface area contributed by atoms with Crippen LogP contribution in [-0.4, -0.2) is 19.0 Å². The van der Waals surface area contributed by atoms with Gasteiger partial charge in [-0.2, -0.15) is 0 Å². The lowest BCUT2D eigenvalue weighted by atomic mass is 10.1. The zero-order valence-electron chi connectivity index (χ0n) is 7.47. The molecule has 68 valence electrons. The van der Waals surface area contributed by atoms with Crippen LogP contribution in [0.2, 0.25) is 0 Å². The number of hydrogen-bond donors (Lipinski definition) is 2. The third-order valence-electron chi connectivity index (χ3n) is 1.72. The van der Waals surface area contributed by atoms with E-state index < -0.39 is 0 Å². The van der Waals surface area contributed by atoms with Gasteiger partial charge in [-0.15, -0.1) is 12.3 Å². The van der Waals surface area contributed by atoms with Crippen LogP contribution in [-0.2, 0) is 4.79 Å². The minimum atomic E-state index is -0.0669. The highest BCUT2D eigenvalue weighted by molar-refractivity contribution is 5.78. The Morgan fingerprint density at radius 3 is 2.83 bits per heavy atom. The second-order valence-corrected chi connectivity index (χ2v) is 2.59. The Labute approximate surface area is 73.7 Å². The maximum Gasteiger partial charge on any atom is 0.224 e. The normalized spacial score (nSPS) is 11.8. The fourth-order valence-electron chi connectivity index (χ4n) is 0.861. The standard InChI is InChI=1S/C9H16N2O/c1-3-5-6-11-9(12)8(4-2)7-10/h1,8H,4-7,10H2,2H3,(H,11,12). The number of nitrogens with one attached hydrogen (secondary N) is 1. The van der Waals surface area contributed by atoms with Gasteiger partial charge in [0.2, 0.25) is 5.91 Å². The topological polar surface area (TPSA) is 55.1 Å². The first-order valence-corrected chi connectivity index (χ1v) is 4.17. The van der Waals surface area contributed by atoms with E-state index >= 15 is 0 Å². The maximum atomic E-state index is 11.2. The summed E-state index contributed by atoms with van der Waals surface area (Å²) in [5, 5.41) is 2.72. The van der Waals surface area contributed by atoms with Crippen LogP contribution in [0.15, 0.2) is 0 Å². The van der Waals surface area contributed by atoms with Gasteiger partial charge in [-0.25, -0.2) is 0 Å². The van der Waals surface area contributed by atoms with Gasteiger partial charge in [0.15, 0.2) is 0 Å². The summed E-state index contributed by atoms with van der Waals surface area (Å²) in [6.45, 7) is 2.89. The van der Waals surface area contributed by atoms with E-state index in [1.54, 1.807) is 0 Å². The summed E-state index contributed by atoms with van der Waals surface area (Å²) < 4.78 is 0. The van der Waals surface area contributed by atoms with E-state index in [0.29, 0.717) is 19.5 Å². The molecule has 0 bridgehead atoms. The van der Waals surface area contributed by atoms with Crippen molar-refractivity contribution in [2.24, 2.45) is 11.7 Å². The number of amides is 1. The molecule has 1 atom stereocenters. The van der Waals surface area contributed by atoms with Gasteiger partial charge >= 0.3 is 0 Å². The molecule has 12 heavy (non-hydrogen) atoms. The fourth-order valence-corrected chi connectivity index (χ4v) is 0.861. The molecule has 0 aliphatic rings. The van der Waals surface area contributed by atoms with Gasteiger partial charge in [-0.3, -0.25) is 4.79 Å². The smallest absolute Gasteiger partial charge is 0.224 e. The molecule has 0 saturated carbocycles. The third kappa shape index (κ3) is 3.99. The third-order valence-corrected chi connectivity index (χ3v) is 1.72. The van der Waals surface area contributed by atoms with Gasteiger partial charge in [-0.1, -0.05) is 6.92 Å². The minimum Gasteiger partial charge on any atom is -0.355 e. The van der Waals surface area contributed by atoms with Crippen molar-refractivity contribution in [3.05, 3.63) is 0 Å². The van der Waals surface area contributed by atoms with Gasteiger partial charge in [0.25, 0.3) is 0 Å². The van der Waals surface area contributed by atoms with E-state index in [2.05, 4.69) is 11.2 Å². The highest BCUT2D eigenvalue weighted by Gasteiger charge is 2.12. The fraction of sp³-hybridized carbons (Fsp3) is 0.667. The Bertz CT molecular complexity index is 168. The largest absolute Gasteiger partial charge is 0.355 e. The predicted octanol–water partition coefficient (Wildman–Crippen LogP) is 0.111. The van der Waals surface area contributed by atoms with Gasteiger partial charge in [0.1, 0.15) is 0 Å². The molecule has 0 radical (unpaired) electrons. The van der Waals surface area contributed by atoms with Crippen LogP contribution in [0.4, 0.5) is 0 Å².